The van der Waals surface area contributed by atoms with Crippen LogP contribution in [-0.4, -0.2) is 18.5 Å². The molecule has 1 aromatic rings. The van der Waals surface area contributed by atoms with Crippen molar-refractivity contribution in [1.82, 2.24) is 5.32 Å². The van der Waals surface area contributed by atoms with Gasteiger partial charge in [-0.3, -0.25) is 4.79 Å². The molecule has 0 heterocycles. The molecule has 1 aromatic carbocycles. The minimum atomic E-state index is 0. The molecule has 0 aliphatic heterocycles. The molecule has 0 bridgehead atoms. The first kappa shape index (κ1) is 17.0. The molecule has 1 atom stereocenters. The quantitative estimate of drug-likeness (QED) is 0.812. The molecule has 112 valence electrons. The fourth-order valence-corrected chi connectivity index (χ4v) is 2.22. The van der Waals surface area contributed by atoms with E-state index in [-0.39, 0.29) is 24.4 Å². The summed E-state index contributed by atoms with van der Waals surface area (Å²) in [6.45, 7) is 2.72. The van der Waals surface area contributed by atoms with Crippen LogP contribution < -0.4 is 11.1 Å². The first-order chi connectivity index (χ1) is 9.15. The first-order valence-corrected chi connectivity index (χ1v) is 7.23. The van der Waals surface area contributed by atoms with Crippen LogP contribution in [0, 0.1) is 12.8 Å². The van der Waals surface area contributed by atoms with Crippen LogP contribution >= 0.6 is 12.4 Å². The number of hydrogen-bond acceptors (Lipinski definition) is 2. The lowest BCUT2D eigenvalue weighted by atomic mass is 10.1. The third kappa shape index (κ3) is 5.93. The van der Waals surface area contributed by atoms with Gasteiger partial charge in [0, 0.05) is 19.0 Å². The molecular formula is C16H25ClN2O. The smallest absolute Gasteiger partial charge is 0.220 e. The summed E-state index contributed by atoms with van der Waals surface area (Å²) in [7, 11) is 0. The number of nitrogens with one attached hydrogen (secondary N) is 1. The molecule has 4 heteroatoms. The van der Waals surface area contributed by atoms with Crippen LogP contribution in [0.15, 0.2) is 24.3 Å². The van der Waals surface area contributed by atoms with Crippen molar-refractivity contribution in [2.45, 2.75) is 45.1 Å². The van der Waals surface area contributed by atoms with Crippen molar-refractivity contribution in [3.8, 4) is 0 Å². The van der Waals surface area contributed by atoms with Gasteiger partial charge >= 0.3 is 0 Å². The zero-order valence-electron chi connectivity index (χ0n) is 12.1. The molecule has 2 rings (SSSR count). The van der Waals surface area contributed by atoms with E-state index in [1.165, 1.54) is 24.0 Å². The van der Waals surface area contributed by atoms with Gasteiger partial charge < -0.3 is 11.1 Å². The van der Waals surface area contributed by atoms with Crippen molar-refractivity contribution >= 4 is 18.3 Å². The third-order valence-electron chi connectivity index (χ3n) is 3.75. The fraction of sp³-hybridized carbons (Fsp3) is 0.562. The van der Waals surface area contributed by atoms with E-state index in [0.717, 1.165) is 12.8 Å². The number of amides is 1. The van der Waals surface area contributed by atoms with Gasteiger partial charge in [0.15, 0.2) is 0 Å². The van der Waals surface area contributed by atoms with E-state index >= 15 is 0 Å². The van der Waals surface area contributed by atoms with Crippen molar-refractivity contribution in [3.05, 3.63) is 35.4 Å². The summed E-state index contributed by atoms with van der Waals surface area (Å²) in [6.07, 6.45) is 4.90. The zero-order valence-corrected chi connectivity index (χ0v) is 12.9. The molecule has 1 aliphatic carbocycles. The topological polar surface area (TPSA) is 55.1 Å². The number of halogens is 1. The lowest BCUT2D eigenvalue weighted by Gasteiger charge is -2.11. The Labute approximate surface area is 127 Å². The molecule has 0 spiro atoms. The molecule has 1 saturated carbocycles. The summed E-state index contributed by atoms with van der Waals surface area (Å²) in [6, 6.07) is 8.65. The summed E-state index contributed by atoms with van der Waals surface area (Å²) < 4.78 is 0. The highest BCUT2D eigenvalue weighted by molar-refractivity contribution is 5.85. The Balaban J connectivity index is 0.00000200. The molecule has 3 N–H and O–H groups in total. The first-order valence-electron chi connectivity index (χ1n) is 7.23. The Kier molecular flexibility index (Phi) is 7.03. The van der Waals surface area contributed by atoms with Crippen LogP contribution in [0.1, 0.15) is 36.8 Å². The molecule has 0 saturated heterocycles. The van der Waals surface area contributed by atoms with Crippen LogP contribution in [0.4, 0.5) is 0 Å². The summed E-state index contributed by atoms with van der Waals surface area (Å²) >= 11 is 0. The molecule has 1 amide bonds. The van der Waals surface area contributed by atoms with Gasteiger partial charge in [-0.25, -0.2) is 0 Å². The van der Waals surface area contributed by atoms with E-state index in [1.54, 1.807) is 0 Å². The average molecular weight is 297 g/mol. The lowest BCUT2D eigenvalue weighted by molar-refractivity contribution is -0.121. The van der Waals surface area contributed by atoms with Gasteiger partial charge in [0.1, 0.15) is 0 Å². The normalized spacial score (nSPS) is 15.3. The highest BCUT2D eigenvalue weighted by Gasteiger charge is 2.28. The number of carbonyl (C=O) groups excluding carboxylic acids is 1. The number of hydrogen-bond donors (Lipinski definition) is 2. The predicted octanol–water partition coefficient (Wildman–Crippen LogP) is 2.59. The Morgan fingerprint density at radius 2 is 2.00 bits per heavy atom. The van der Waals surface area contributed by atoms with Crippen molar-refractivity contribution in [3.63, 3.8) is 0 Å². The van der Waals surface area contributed by atoms with Gasteiger partial charge in [0.25, 0.3) is 0 Å². The van der Waals surface area contributed by atoms with E-state index in [2.05, 4.69) is 36.5 Å². The molecule has 3 nitrogen and oxygen atoms in total. The minimum Gasteiger partial charge on any atom is -0.355 e. The second-order valence-corrected chi connectivity index (χ2v) is 5.64. The van der Waals surface area contributed by atoms with Gasteiger partial charge in [0.2, 0.25) is 5.91 Å². The van der Waals surface area contributed by atoms with Gasteiger partial charge in [-0.2, -0.15) is 0 Å². The highest BCUT2D eigenvalue weighted by Crippen LogP contribution is 2.31. The van der Waals surface area contributed by atoms with Crippen LogP contribution in [0.25, 0.3) is 0 Å². The zero-order chi connectivity index (χ0) is 13.7. The van der Waals surface area contributed by atoms with Crippen molar-refractivity contribution in [1.29, 1.82) is 0 Å². The maximum Gasteiger partial charge on any atom is 0.220 e. The van der Waals surface area contributed by atoms with Gasteiger partial charge in [0.05, 0.1) is 0 Å². The second-order valence-electron chi connectivity index (χ2n) is 5.64. The Bertz CT molecular complexity index is 415. The van der Waals surface area contributed by atoms with E-state index in [0.29, 0.717) is 18.9 Å². The summed E-state index contributed by atoms with van der Waals surface area (Å²) in [5.74, 6) is 0.774. The van der Waals surface area contributed by atoms with E-state index in [9.17, 15) is 4.79 Å². The standard InChI is InChI=1S/C16H24N2O.ClH/c1-12-5-7-13(8-6-12)3-2-4-16(19)18-11-15(17)14-9-10-14;/h5-8,14-15H,2-4,9-11,17H2,1H3,(H,18,19);1H. The predicted molar refractivity (Wildman–Crippen MR) is 85.1 cm³/mol. The molecule has 0 radical (unpaired) electrons. The van der Waals surface area contributed by atoms with Crippen LogP contribution in [0.3, 0.4) is 0 Å². The summed E-state index contributed by atoms with van der Waals surface area (Å²) in [4.78, 5) is 11.7. The number of benzene rings is 1. The number of aryl methyl sites for hydroxylation is 2. The average Bonchev–Trinajstić information content (AvgIpc) is 3.23. The third-order valence-corrected chi connectivity index (χ3v) is 3.75. The Morgan fingerprint density at radius 1 is 1.35 bits per heavy atom. The molecule has 1 aliphatic rings. The van der Waals surface area contributed by atoms with Crippen molar-refractivity contribution < 1.29 is 4.79 Å². The van der Waals surface area contributed by atoms with Crippen LogP contribution in [0.5, 0.6) is 0 Å². The largest absolute Gasteiger partial charge is 0.355 e. The van der Waals surface area contributed by atoms with Gasteiger partial charge in [-0.1, -0.05) is 29.8 Å². The number of nitrogens with two attached hydrogens (primary N) is 1. The highest BCUT2D eigenvalue weighted by atomic mass is 35.5. The molecule has 20 heavy (non-hydrogen) atoms. The Hall–Kier alpha value is -1.06. The maximum absolute atomic E-state index is 11.7. The van der Waals surface area contributed by atoms with Crippen LogP contribution in [-0.2, 0) is 11.2 Å². The fourth-order valence-electron chi connectivity index (χ4n) is 2.22. The maximum atomic E-state index is 11.7. The molecule has 1 fully saturated rings. The molecule has 1 unspecified atom stereocenters. The van der Waals surface area contributed by atoms with Crippen molar-refractivity contribution in [2.24, 2.45) is 11.7 Å². The van der Waals surface area contributed by atoms with Crippen molar-refractivity contribution in [2.75, 3.05) is 6.54 Å². The SMILES string of the molecule is Cc1ccc(CCCC(=O)NCC(N)C2CC2)cc1.Cl. The Morgan fingerprint density at radius 3 is 2.60 bits per heavy atom. The second kappa shape index (κ2) is 8.28. The van der Waals surface area contributed by atoms with Crippen LogP contribution in [0.2, 0.25) is 0 Å². The molecule has 0 aromatic heterocycles. The van der Waals surface area contributed by atoms with E-state index < -0.39 is 0 Å². The van der Waals surface area contributed by atoms with E-state index in [1.807, 2.05) is 0 Å². The monoisotopic (exact) mass is 296 g/mol. The van der Waals surface area contributed by atoms with E-state index in [4.69, 9.17) is 5.73 Å². The van der Waals surface area contributed by atoms with Gasteiger partial charge in [-0.05, 0) is 44.1 Å². The number of rotatable bonds is 7. The van der Waals surface area contributed by atoms with Gasteiger partial charge in [-0.15, -0.1) is 12.4 Å². The summed E-state index contributed by atoms with van der Waals surface area (Å²) in [5.41, 5.74) is 8.52. The summed E-state index contributed by atoms with van der Waals surface area (Å²) in [5, 5.41) is 2.94. The lowest BCUT2D eigenvalue weighted by Crippen LogP contribution is -2.38. The minimum absolute atomic E-state index is 0. The molecular weight excluding hydrogens is 272 g/mol. The number of carbonyl (C=O) groups is 1.